The number of carboxylic acid groups (broad SMARTS) is 1. The highest BCUT2D eigenvalue weighted by molar-refractivity contribution is 5.89. The Labute approximate surface area is 90.7 Å². The Morgan fingerprint density at radius 3 is 2.53 bits per heavy atom. The molecular formula is C12H19NO2. The second-order valence-corrected chi connectivity index (χ2v) is 4.18. The number of hydrogen-bond donors (Lipinski definition) is 1. The number of aromatic nitrogens is 1. The zero-order chi connectivity index (χ0) is 11.6. The minimum Gasteiger partial charge on any atom is -0.478 e. The van der Waals surface area contributed by atoms with Crippen molar-refractivity contribution in [2.24, 2.45) is 0 Å². The van der Waals surface area contributed by atoms with Gasteiger partial charge in [0.15, 0.2) is 0 Å². The van der Waals surface area contributed by atoms with Crippen LogP contribution in [0.5, 0.6) is 0 Å². The Kier molecular flexibility index (Phi) is 3.56. The molecule has 0 aliphatic heterocycles. The van der Waals surface area contributed by atoms with Gasteiger partial charge in [0.25, 0.3) is 0 Å². The minimum absolute atomic E-state index is 0.364. The van der Waals surface area contributed by atoms with E-state index in [1.807, 2.05) is 6.92 Å². The molecule has 0 saturated heterocycles. The molecule has 1 aromatic heterocycles. The highest BCUT2D eigenvalue weighted by Gasteiger charge is 2.17. The first-order valence-electron chi connectivity index (χ1n) is 5.42. The monoisotopic (exact) mass is 209 g/mol. The van der Waals surface area contributed by atoms with Crippen molar-refractivity contribution < 1.29 is 9.90 Å². The van der Waals surface area contributed by atoms with Gasteiger partial charge in [0.1, 0.15) is 0 Å². The second kappa shape index (κ2) is 4.51. The SMILES string of the molecule is CCCn1c(C(C)C)cc(C(=O)O)c1C. The molecule has 0 aromatic carbocycles. The standard InChI is InChI=1S/C12H19NO2/c1-5-6-13-9(4)10(12(14)15)7-11(13)8(2)3/h7-8H,5-6H2,1-4H3,(H,14,15). The van der Waals surface area contributed by atoms with Crippen LogP contribution in [0.25, 0.3) is 0 Å². The lowest BCUT2D eigenvalue weighted by Crippen LogP contribution is -2.06. The van der Waals surface area contributed by atoms with E-state index in [0.717, 1.165) is 24.4 Å². The summed E-state index contributed by atoms with van der Waals surface area (Å²) < 4.78 is 2.12. The molecule has 1 rings (SSSR count). The van der Waals surface area contributed by atoms with E-state index in [9.17, 15) is 4.79 Å². The van der Waals surface area contributed by atoms with Crippen LogP contribution in [-0.2, 0) is 6.54 Å². The van der Waals surface area contributed by atoms with Crippen molar-refractivity contribution in [3.63, 3.8) is 0 Å². The average molecular weight is 209 g/mol. The predicted octanol–water partition coefficient (Wildman–Crippen LogP) is 3.03. The van der Waals surface area contributed by atoms with Crippen LogP contribution in [0.3, 0.4) is 0 Å². The van der Waals surface area contributed by atoms with E-state index in [-0.39, 0.29) is 0 Å². The Bertz CT molecular complexity index is 364. The van der Waals surface area contributed by atoms with Gasteiger partial charge in [-0.25, -0.2) is 4.79 Å². The van der Waals surface area contributed by atoms with Crippen LogP contribution in [0.4, 0.5) is 0 Å². The summed E-state index contributed by atoms with van der Waals surface area (Å²) >= 11 is 0. The molecule has 0 aliphatic carbocycles. The smallest absolute Gasteiger partial charge is 0.337 e. The minimum atomic E-state index is -0.829. The van der Waals surface area contributed by atoms with Crippen LogP contribution in [0.1, 0.15) is 54.9 Å². The Balaban J connectivity index is 3.26. The maximum absolute atomic E-state index is 11.0. The molecular weight excluding hydrogens is 190 g/mol. The first-order chi connectivity index (χ1) is 6.99. The van der Waals surface area contributed by atoms with Crippen molar-refractivity contribution in [2.45, 2.75) is 46.6 Å². The van der Waals surface area contributed by atoms with Crippen LogP contribution in [-0.4, -0.2) is 15.6 Å². The molecule has 0 atom stereocenters. The Morgan fingerprint density at radius 1 is 1.53 bits per heavy atom. The van der Waals surface area contributed by atoms with Crippen LogP contribution in [0.15, 0.2) is 6.07 Å². The van der Waals surface area contributed by atoms with Crippen molar-refractivity contribution in [1.29, 1.82) is 0 Å². The quantitative estimate of drug-likeness (QED) is 0.828. The summed E-state index contributed by atoms with van der Waals surface area (Å²) in [5, 5.41) is 9.04. The van der Waals surface area contributed by atoms with Crippen molar-refractivity contribution in [3.8, 4) is 0 Å². The van der Waals surface area contributed by atoms with Gasteiger partial charge in [0.2, 0.25) is 0 Å². The third-order valence-electron chi connectivity index (χ3n) is 2.67. The molecule has 0 radical (unpaired) electrons. The summed E-state index contributed by atoms with van der Waals surface area (Å²) in [5.41, 5.74) is 2.42. The molecule has 15 heavy (non-hydrogen) atoms. The summed E-state index contributed by atoms with van der Waals surface area (Å²) in [7, 11) is 0. The largest absolute Gasteiger partial charge is 0.478 e. The van der Waals surface area contributed by atoms with Gasteiger partial charge < -0.3 is 9.67 Å². The van der Waals surface area contributed by atoms with Gasteiger partial charge in [0.05, 0.1) is 5.56 Å². The number of rotatable bonds is 4. The molecule has 0 spiro atoms. The zero-order valence-electron chi connectivity index (χ0n) is 9.87. The molecule has 0 saturated carbocycles. The lowest BCUT2D eigenvalue weighted by molar-refractivity contribution is 0.0696. The first-order valence-corrected chi connectivity index (χ1v) is 5.42. The van der Waals surface area contributed by atoms with Crippen LogP contribution >= 0.6 is 0 Å². The second-order valence-electron chi connectivity index (χ2n) is 4.18. The molecule has 3 nitrogen and oxygen atoms in total. The molecule has 0 bridgehead atoms. The Hall–Kier alpha value is -1.25. The Morgan fingerprint density at radius 2 is 2.13 bits per heavy atom. The molecule has 0 unspecified atom stereocenters. The maximum Gasteiger partial charge on any atom is 0.337 e. The van der Waals surface area contributed by atoms with E-state index >= 15 is 0 Å². The van der Waals surface area contributed by atoms with Gasteiger partial charge >= 0.3 is 5.97 Å². The lowest BCUT2D eigenvalue weighted by atomic mass is 10.1. The topological polar surface area (TPSA) is 42.2 Å². The van der Waals surface area contributed by atoms with Gasteiger partial charge in [-0.1, -0.05) is 20.8 Å². The van der Waals surface area contributed by atoms with E-state index in [2.05, 4.69) is 25.3 Å². The van der Waals surface area contributed by atoms with Crippen molar-refractivity contribution >= 4 is 5.97 Å². The fourth-order valence-electron chi connectivity index (χ4n) is 1.88. The van der Waals surface area contributed by atoms with Gasteiger partial charge in [-0.3, -0.25) is 0 Å². The summed E-state index contributed by atoms with van der Waals surface area (Å²) in [5.74, 6) is -0.465. The number of carbonyl (C=O) groups is 1. The van der Waals surface area contributed by atoms with E-state index < -0.39 is 5.97 Å². The fraction of sp³-hybridized carbons (Fsp3) is 0.583. The maximum atomic E-state index is 11.0. The van der Waals surface area contributed by atoms with Crippen LogP contribution in [0, 0.1) is 6.92 Å². The number of aromatic carboxylic acids is 1. The highest BCUT2D eigenvalue weighted by Crippen LogP contribution is 2.22. The molecule has 0 fully saturated rings. The van der Waals surface area contributed by atoms with E-state index in [4.69, 9.17) is 5.11 Å². The molecule has 3 heteroatoms. The number of carboxylic acids is 1. The molecule has 0 aliphatic rings. The predicted molar refractivity (Wildman–Crippen MR) is 60.5 cm³/mol. The van der Waals surface area contributed by atoms with Crippen molar-refractivity contribution in [1.82, 2.24) is 4.57 Å². The third-order valence-corrected chi connectivity index (χ3v) is 2.67. The lowest BCUT2D eigenvalue weighted by Gasteiger charge is -2.12. The summed E-state index contributed by atoms with van der Waals surface area (Å²) in [6.07, 6.45) is 1.02. The number of hydrogen-bond acceptors (Lipinski definition) is 1. The first kappa shape index (κ1) is 11.8. The van der Waals surface area contributed by atoms with Crippen LogP contribution in [0.2, 0.25) is 0 Å². The summed E-state index contributed by atoms with van der Waals surface area (Å²) in [6, 6.07) is 1.80. The van der Waals surface area contributed by atoms with E-state index in [0.29, 0.717) is 11.5 Å². The van der Waals surface area contributed by atoms with Gasteiger partial charge in [-0.15, -0.1) is 0 Å². The van der Waals surface area contributed by atoms with E-state index in [1.165, 1.54) is 0 Å². The molecule has 1 aromatic rings. The zero-order valence-corrected chi connectivity index (χ0v) is 9.87. The molecule has 84 valence electrons. The fourth-order valence-corrected chi connectivity index (χ4v) is 1.88. The third kappa shape index (κ3) is 2.22. The van der Waals surface area contributed by atoms with Gasteiger partial charge in [0, 0.05) is 17.9 Å². The summed E-state index contributed by atoms with van der Waals surface area (Å²) in [4.78, 5) is 11.0. The average Bonchev–Trinajstić information content (AvgIpc) is 2.45. The van der Waals surface area contributed by atoms with Crippen molar-refractivity contribution in [2.75, 3.05) is 0 Å². The highest BCUT2D eigenvalue weighted by atomic mass is 16.4. The summed E-state index contributed by atoms with van der Waals surface area (Å²) in [6.45, 7) is 9.06. The molecule has 0 amide bonds. The molecule has 1 N–H and O–H groups in total. The van der Waals surface area contributed by atoms with Crippen molar-refractivity contribution in [3.05, 3.63) is 23.0 Å². The normalized spacial score (nSPS) is 11.0. The van der Waals surface area contributed by atoms with E-state index in [1.54, 1.807) is 6.07 Å². The molecule has 1 heterocycles. The van der Waals surface area contributed by atoms with Gasteiger partial charge in [-0.2, -0.15) is 0 Å². The van der Waals surface area contributed by atoms with Crippen LogP contribution < -0.4 is 0 Å². The van der Waals surface area contributed by atoms with Gasteiger partial charge in [-0.05, 0) is 25.3 Å². The number of nitrogens with zero attached hydrogens (tertiary/aromatic N) is 1.